The SMILES string of the molecule is CCOC(=O)C(C)=C[C@H](C(C)C)N(C)C(=O)[C@@H](NC(=O)C1(N(C)C)CCCC1)C(C)(C)C. The second-order valence-corrected chi connectivity index (χ2v) is 10.7. The van der Waals surface area contributed by atoms with Crippen LogP contribution >= 0.6 is 0 Å². The maximum absolute atomic E-state index is 13.7. The van der Waals surface area contributed by atoms with Gasteiger partial charge in [0.15, 0.2) is 0 Å². The number of carbonyl (C=O) groups is 3. The van der Waals surface area contributed by atoms with Crippen LogP contribution in [0.1, 0.15) is 74.1 Å². The third kappa shape index (κ3) is 6.56. The van der Waals surface area contributed by atoms with Crippen molar-refractivity contribution < 1.29 is 19.1 Å². The Kier molecular flexibility index (Phi) is 9.94. The minimum absolute atomic E-state index is 0.0765. The van der Waals surface area contributed by atoms with Gasteiger partial charge in [0.05, 0.1) is 18.2 Å². The number of esters is 1. The first-order chi connectivity index (χ1) is 14.7. The minimum atomic E-state index is -0.685. The van der Waals surface area contributed by atoms with E-state index in [0.29, 0.717) is 12.2 Å². The van der Waals surface area contributed by atoms with E-state index < -0.39 is 17.0 Å². The van der Waals surface area contributed by atoms with Crippen LogP contribution in [0.25, 0.3) is 0 Å². The van der Waals surface area contributed by atoms with Crippen LogP contribution in [0.4, 0.5) is 0 Å². The standard InChI is InChI=1S/C25H45N3O4/c1-11-32-22(30)18(4)16-19(17(2)3)28(10)21(29)20(24(5,6)7)26-23(31)25(27(8)9)14-12-13-15-25/h16-17,19-20H,11-15H2,1-10H3,(H,26,31)/t19-,20-/m1/s1. The number of carbonyl (C=O) groups excluding carboxylic acids is 3. The Morgan fingerprint density at radius 3 is 2.03 bits per heavy atom. The molecule has 0 heterocycles. The van der Waals surface area contributed by atoms with E-state index in [1.807, 2.05) is 53.6 Å². The molecule has 2 amide bonds. The largest absolute Gasteiger partial charge is 0.463 e. The lowest BCUT2D eigenvalue weighted by molar-refractivity contribution is -0.143. The van der Waals surface area contributed by atoms with Gasteiger partial charge in [-0.1, -0.05) is 53.5 Å². The first-order valence-electron chi connectivity index (χ1n) is 11.8. The number of likely N-dealkylation sites (N-methyl/N-ethyl adjacent to an activating group) is 2. The number of hydrogen-bond acceptors (Lipinski definition) is 5. The van der Waals surface area contributed by atoms with Crippen LogP contribution in [0.3, 0.4) is 0 Å². The van der Waals surface area contributed by atoms with Gasteiger partial charge >= 0.3 is 5.97 Å². The van der Waals surface area contributed by atoms with Crippen molar-refractivity contribution >= 4 is 17.8 Å². The lowest BCUT2D eigenvalue weighted by Crippen LogP contribution is -2.62. The van der Waals surface area contributed by atoms with Crippen molar-refractivity contribution in [2.45, 2.75) is 91.8 Å². The van der Waals surface area contributed by atoms with Crippen molar-refractivity contribution in [2.24, 2.45) is 11.3 Å². The van der Waals surface area contributed by atoms with E-state index >= 15 is 0 Å². The van der Waals surface area contributed by atoms with Gasteiger partial charge in [0.2, 0.25) is 11.8 Å². The van der Waals surface area contributed by atoms with Gasteiger partial charge in [0.25, 0.3) is 0 Å². The molecular weight excluding hydrogens is 406 g/mol. The van der Waals surface area contributed by atoms with Crippen molar-refractivity contribution in [3.8, 4) is 0 Å². The molecule has 1 aliphatic carbocycles. The van der Waals surface area contributed by atoms with Gasteiger partial charge in [-0.3, -0.25) is 14.5 Å². The average Bonchev–Trinajstić information content (AvgIpc) is 3.19. The summed E-state index contributed by atoms with van der Waals surface area (Å²) >= 11 is 0. The average molecular weight is 452 g/mol. The van der Waals surface area contributed by atoms with E-state index in [1.165, 1.54) is 0 Å². The summed E-state index contributed by atoms with van der Waals surface area (Å²) in [6.07, 6.45) is 5.39. The zero-order valence-electron chi connectivity index (χ0n) is 21.9. The molecule has 0 aromatic heterocycles. The minimum Gasteiger partial charge on any atom is -0.463 e. The second kappa shape index (κ2) is 11.3. The van der Waals surface area contributed by atoms with Crippen LogP contribution < -0.4 is 5.32 Å². The van der Waals surface area contributed by atoms with Crippen LogP contribution in [-0.4, -0.2) is 73.0 Å². The molecule has 0 aliphatic heterocycles. The zero-order valence-corrected chi connectivity index (χ0v) is 21.9. The molecule has 7 nitrogen and oxygen atoms in total. The normalized spacial score (nSPS) is 18.4. The monoisotopic (exact) mass is 451 g/mol. The predicted molar refractivity (Wildman–Crippen MR) is 128 cm³/mol. The van der Waals surface area contributed by atoms with Crippen molar-refractivity contribution in [1.29, 1.82) is 0 Å². The van der Waals surface area contributed by atoms with Crippen molar-refractivity contribution in [3.63, 3.8) is 0 Å². The number of ether oxygens (including phenoxy) is 1. The van der Waals surface area contributed by atoms with Crippen molar-refractivity contribution in [3.05, 3.63) is 11.6 Å². The Hall–Kier alpha value is -1.89. The van der Waals surface area contributed by atoms with E-state index in [-0.39, 0.29) is 29.7 Å². The molecule has 1 rings (SSSR count). The highest BCUT2D eigenvalue weighted by Crippen LogP contribution is 2.35. The number of nitrogens with zero attached hydrogens (tertiary/aromatic N) is 2. The number of nitrogens with one attached hydrogen (secondary N) is 1. The van der Waals surface area contributed by atoms with Gasteiger partial charge in [-0.15, -0.1) is 0 Å². The van der Waals surface area contributed by atoms with E-state index in [0.717, 1.165) is 25.7 Å². The predicted octanol–water partition coefficient (Wildman–Crippen LogP) is 3.38. The van der Waals surface area contributed by atoms with Crippen LogP contribution in [0.5, 0.6) is 0 Å². The Balaban J connectivity index is 3.21. The van der Waals surface area contributed by atoms with E-state index in [4.69, 9.17) is 4.74 Å². The number of hydrogen-bond donors (Lipinski definition) is 1. The molecule has 7 heteroatoms. The fourth-order valence-corrected chi connectivity index (χ4v) is 4.42. The number of rotatable bonds is 9. The molecule has 184 valence electrons. The van der Waals surface area contributed by atoms with Gasteiger partial charge < -0.3 is 15.0 Å². The molecule has 32 heavy (non-hydrogen) atoms. The van der Waals surface area contributed by atoms with Crippen LogP contribution in [-0.2, 0) is 19.1 Å². The van der Waals surface area contributed by atoms with Crippen LogP contribution in [0, 0.1) is 11.3 Å². The van der Waals surface area contributed by atoms with Gasteiger partial charge in [0.1, 0.15) is 6.04 Å². The molecule has 2 atom stereocenters. The Labute approximate surface area is 194 Å². The summed E-state index contributed by atoms with van der Waals surface area (Å²) in [6.45, 7) is 13.7. The van der Waals surface area contributed by atoms with Crippen molar-refractivity contribution in [2.75, 3.05) is 27.7 Å². The van der Waals surface area contributed by atoms with Gasteiger partial charge in [0, 0.05) is 12.6 Å². The molecule has 0 radical (unpaired) electrons. The highest BCUT2D eigenvalue weighted by Gasteiger charge is 2.46. The zero-order chi connectivity index (χ0) is 24.9. The molecule has 1 N–H and O–H groups in total. The molecule has 0 spiro atoms. The van der Waals surface area contributed by atoms with Gasteiger partial charge in [-0.2, -0.15) is 0 Å². The summed E-state index contributed by atoms with van der Waals surface area (Å²) in [5.74, 6) is -0.549. The summed E-state index contributed by atoms with van der Waals surface area (Å²) in [6, 6.07) is -0.988. The molecule has 1 aliphatic rings. The topological polar surface area (TPSA) is 79.0 Å². The maximum Gasteiger partial charge on any atom is 0.333 e. The molecular formula is C25H45N3O4. The van der Waals surface area contributed by atoms with Crippen molar-refractivity contribution in [1.82, 2.24) is 15.1 Å². The number of amides is 2. The third-order valence-corrected chi connectivity index (χ3v) is 6.59. The summed E-state index contributed by atoms with van der Waals surface area (Å²) in [4.78, 5) is 42.9. The smallest absolute Gasteiger partial charge is 0.333 e. The summed E-state index contributed by atoms with van der Waals surface area (Å²) in [5.41, 5.74) is -0.576. The van der Waals surface area contributed by atoms with Gasteiger partial charge in [-0.05, 0) is 52.1 Å². The summed E-state index contributed by atoms with van der Waals surface area (Å²) < 4.78 is 5.10. The highest BCUT2D eigenvalue weighted by atomic mass is 16.5. The second-order valence-electron chi connectivity index (χ2n) is 10.7. The van der Waals surface area contributed by atoms with Gasteiger partial charge in [-0.25, -0.2) is 4.79 Å². The quantitative estimate of drug-likeness (QED) is 0.429. The van der Waals surface area contributed by atoms with E-state index in [2.05, 4.69) is 5.32 Å². The fourth-order valence-electron chi connectivity index (χ4n) is 4.42. The maximum atomic E-state index is 13.7. The molecule has 0 aromatic carbocycles. The molecule has 0 saturated heterocycles. The lowest BCUT2D eigenvalue weighted by Gasteiger charge is -2.41. The summed E-state index contributed by atoms with van der Waals surface area (Å²) in [5, 5.41) is 3.11. The molecule has 1 saturated carbocycles. The first kappa shape index (κ1) is 28.1. The molecule has 0 aromatic rings. The molecule has 0 unspecified atom stereocenters. The lowest BCUT2D eigenvalue weighted by atomic mass is 9.84. The Morgan fingerprint density at radius 1 is 1.09 bits per heavy atom. The Bertz CT molecular complexity index is 700. The van der Waals surface area contributed by atoms with Crippen LogP contribution in [0.2, 0.25) is 0 Å². The highest BCUT2D eigenvalue weighted by molar-refractivity contribution is 5.93. The molecule has 1 fully saturated rings. The molecule has 0 bridgehead atoms. The van der Waals surface area contributed by atoms with E-state index in [1.54, 1.807) is 31.9 Å². The summed E-state index contributed by atoms with van der Waals surface area (Å²) in [7, 11) is 5.61. The fraction of sp³-hybridized carbons (Fsp3) is 0.800. The first-order valence-corrected chi connectivity index (χ1v) is 11.8. The van der Waals surface area contributed by atoms with Crippen LogP contribution in [0.15, 0.2) is 11.6 Å². The third-order valence-electron chi connectivity index (χ3n) is 6.59. The Morgan fingerprint density at radius 2 is 1.62 bits per heavy atom. The van der Waals surface area contributed by atoms with E-state index in [9.17, 15) is 14.4 Å².